The number of hydrogen-bond donors (Lipinski definition) is 2. The number of aryl methyl sites for hydroxylation is 1. The molecule has 1 amide bonds. The fourth-order valence-electron chi connectivity index (χ4n) is 2.06. The van der Waals surface area contributed by atoms with Crippen LogP contribution in [-0.2, 0) is 23.2 Å². The first-order valence-corrected chi connectivity index (χ1v) is 8.66. The van der Waals surface area contributed by atoms with E-state index in [0.29, 0.717) is 17.8 Å². The lowest BCUT2D eigenvalue weighted by Crippen LogP contribution is -2.35. The van der Waals surface area contributed by atoms with Crippen LogP contribution < -0.4 is 10.0 Å². The lowest BCUT2D eigenvalue weighted by atomic mass is 10.2. The van der Waals surface area contributed by atoms with Crippen molar-refractivity contribution in [2.45, 2.75) is 11.1 Å². The van der Waals surface area contributed by atoms with Crippen molar-refractivity contribution in [1.29, 1.82) is 0 Å². The zero-order valence-electron chi connectivity index (χ0n) is 13.2. The van der Waals surface area contributed by atoms with Crippen LogP contribution in [0.5, 0.6) is 0 Å². The van der Waals surface area contributed by atoms with Crippen LogP contribution in [0.2, 0.25) is 0 Å². The van der Waals surface area contributed by atoms with Gasteiger partial charge in [-0.2, -0.15) is 13.2 Å². The molecule has 0 unspecified atom stereocenters. The molecule has 0 aliphatic carbocycles. The van der Waals surface area contributed by atoms with Crippen LogP contribution in [-0.4, -0.2) is 32.0 Å². The summed E-state index contributed by atoms with van der Waals surface area (Å²) in [7, 11) is -2.26. The average molecular weight is 375 g/mol. The van der Waals surface area contributed by atoms with Gasteiger partial charge in [0.25, 0.3) is 5.91 Å². The number of aromatic nitrogens is 1. The van der Waals surface area contributed by atoms with Crippen molar-refractivity contribution in [3.63, 3.8) is 0 Å². The van der Waals surface area contributed by atoms with Crippen LogP contribution in [0.4, 0.5) is 13.2 Å². The van der Waals surface area contributed by atoms with Gasteiger partial charge in [-0.25, -0.2) is 13.1 Å². The third-order valence-corrected chi connectivity index (χ3v) is 4.85. The number of rotatable bonds is 6. The molecule has 2 aromatic rings. The molecule has 0 aliphatic heterocycles. The highest BCUT2D eigenvalue weighted by molar-refractivity contribution is 7.89. The van der Waals surface area contributed by atoms with Crippen molar-refractivity contribution in [2.24, 2.45) is 7.05 Å². The van der Waals surface area contributed by atoms with Crippen molar-refractivity contribution in [3.8, 4) is 0 Å². The summed E-state index contributed by atoms with van der Waals surface area (Å²) in [6.45, 7) is -0.0661. The molecule has 0 saturated heterocycles. The summed E-state index contributed by atoms with van der Waals surface area (Å²) in [5, 5.41) is 2.54. The smallest absolute Gasteiger partial charge is 0.349 e. The van der Waals surface area contributed by atoms with Crippen molar-refractivity contribution in [2.75, 3.05) is 13.1 Å². The van der Waals surface area contributed by atoms with E-state index in [2.05, 4.69) is 10.0 Å². The molecule has 0 bridgehead atoms. The summed E-state index contributed by atoms with van der Waals surface area (Å²) in [6.07, 6.45) is -2.83. The molecular formula is C15H16F3N3O3S. The van der Waals surface area contributed by atoms with Gasteiger partial charge in [-0.05, 0) is 36.4 Å². The number of halogens is 3. The molecule has 10 heteroatoms. The number of benzene rings is 1. The predicted octanol–water partition coefficient (Wildman–Crippen LogP) is 1.75. The molecule has 136 valence electrons. The Morgan fingerprint density at radius 1 is 1.12 bits per heavy atom. The Kier molecular flexibility index (Phi) is 5.53. The molecule has 6 nitrogen and oxygen atoms in total. The number of hydrogen-bond acceptors (Lipinski definition) is 3. The SMILES string of the molecule is Cn1cccc1C(=O)NCCNS(=O)(=O)c1ccc(C(F)(F)F)cc1. The van der Waals surface area contributed by atoms with Crippen molar-refractivity contribution in [3.05, 3.63) is 53.9 Å². The molecule has 1 aromatic carbocycles. The largest absolute Gasteiger partial charge is 0.416 e. The van der Waals surface area contributed by atoms with E-state index in [0.717, 1.165) is 12.1 Å². The topological polar surface area (TPSA) is 80.2 Å². The molecule has 0 saturated carbocycles. The number of carbonyl (C=O) groups excluding carboxylic acids is 1. The Balaban J connectivity index is 1.89. The molecule has 1 heterocycles. The second kappa shape index (κ2) is 7.28. The van der Waals surface area contributed by atoms with E-state index in [1.54, 1.807) is 29.9 Å². The van der Waals surface area contributed by atoms with Gasteiger partial charge in [0.15, 0.2) is 0 Å². The van der Waals surface area contributed by atoms with E-state index in [1.165, 1.54) is 0 Å². The summed E-state index contributed by atoms with van der Waals surface area (Å²) in [5.74, 6) is -0.360. The van der Waals surface area contributed by atoms with Gasteiger partial charge in [-0.3, -0.25) is 4.79 Å². The molecule has 2 N–H and O–H groups in total. The quantitative estimate of drug-likeness (QED) is 0.755. The second-order valence-corrected chi connectivity index (χ2v) is 6.95. The first-order valence-electron chi connectivity index (χ1n) is 7.18. The zero-order valence-corrected chi connectivity index (χ0v) is 14.0. The number of sulfonamides is 1. The molecule has 2 rings (SSSR count). The highest BCUT2D eigenvalue weighted by Gasteiger charge is 2.30. The van der Waals surface area contributed by atoms with E-state index < -0.39 is 21.8 Å². The van der Waals surface area contributed by atoms with Crippen LogP contribution in [0.15, 0.2) is 47.5 Å². The summed E-state index contributed by atoms with van der Waals surface area (Å²) in [6, 6.07) is 6.48. The number of nitrogens with zero attached hydrogens (tertiary/aromatic N) is 1. The highest BCUT2D eigenvalue weighted by atomic mass is 32.2. The van der Waals surface area contributed by atoms with Gasteiger partial charge >= 0.3 is 6.18 Å². The maximum absolute atomic E-state index is 12.5. The second-order valence-electron chi connectivity index (χ2n) is 5.18. The van der Waals surface area contributed by atoms with Crippen LogP contribution in [0.1, 0.15) is 16.1 Å². The van der Waals surface area contributed by atoms with E-state index in [9.17, 15) is 26.4 Å². The minimum Gasteiger partial charge on any atom is -0.349 e. The number of carbonyl (C=O) groups is 1. The number of nitrogens with one attached hydrogen (secondary N) is 2. The highest BCUT2D eigenvalue weighted by Crippen LogP contribution is 2.29. The maximum Gasteiger partial charge on any atom is 0.416 e. The van der Waals surface area contributed by atoms with Gasteiger partial charge < -0.3 is 9.88 Å². The lowest BCUT2D eigenvalue weighted by Gasteiger charge is -2.10. The Morgan fingerprint density at radius 2 is 1.76 bits per heavy atom. The van der Waals surface area contributed by atoms with E-state index in [1.807, 2.05) is 0 Å². The fourth-order valence-corrected chi connectivity index (χ4v) is 3.09. The summed E-state index contributed by atoms with van der Waals surface area (Å²) in [5.41, 5.74) is -0.508. The van der Waals surface area contributed by atoms with Crippen molar-refractivity contribution >= 4 is 15.9 Å². The van der Waals surface area contributed by atoms with E-state index in [-0.39, 0.29) is 23.9 Å². The first-order chi connectivity index (χ1) is 11.6. The Morgan fingerprint density at radius 3 is 2.28 bits per heavy atom. The minimum atomic E-state index is -4.53. The maximum atomic E-state index is 12.5. The molecule has 0 radical (unpaired) electrons. The molecule has 25 heavy (non-hydrogen) atoms. The standard InChI is InChI=1S/C15H16F3N3O3S/c1-21-10-2-3-13(21)14(22)19-8-9-20-25(23,24)12-6-4-11(5-7-12)15(16,17)18/h2-7,10,20H,8-9H2,1H3,(H,19,22). The van der Waals surface area contributed by atoms with Gasteiger partial charge in [0, 0.05) is 26.3 Å². The third-order valence-electron chi connectivity index (χ3n) is 3.37. The monoisotopic (exact) mass is 375 g/mol. The minimum absolute atomic E-state index is 0.0316. The van der Waals surface area contributed by atoms with Crippen LogP contribution >= 0.6 is 0 Å². The third kappa shape index (κ3) is 4.83. The Bertz CT molecular complexity index is 843. The normalized spacial score (nSPS) is 12.2. The lowest BCUT2D eigenvalue weighted by molar-refractivity contribution is -0.137. The van der Waals surface area contributed by atoms with E-state index in [4.69, 9.17) is 0 Å². The van der Waals surface area contributed by atoms with Gasteiger partial charge in [-0.1, -0.05) is 0 Å². The summed E-state index contributed by atoms with van der Waals surface area (Å²) in [4.78, 5) is 11.6. The van der Waals surface area contributed by atoms with Crippen molar-refractivity contribution < 1.29 is 26.4 Å². The molecule has 0 spiro atoms. The van der Waals surface area contributed by atoms with Crippen LogP contribution in [0.3, 0.4) is 0 Å². The Labute approximate surface area is 142 Å². The Hall–Kier alpha value is -2.33. The van der Waals surface area contributed by atoms with Gasteiger partial charge in [0.1, 0.15) is 5.69 Å². The fraction of sp³-hybridized carbons (Fsp3) is 0.267. The van der Waals surface area contributed by atoms with Crippen LogP contribution in [0, 0.1) is 0 Å². The number of alkyl halides is 3. The molecular weight excluding hydrogens is 359 g/mol. The molecule has 0 aliphatic rings. The summed E-state index contributed by atoms with van der Waals surface area (Å²) < 4.78 is 65.3. The van der Waals surface area contributed by atoms with Crippen molar-refractivity contribution in [1.82, 2.24) is 14.6 Å². The number of amides is 1. The molecule has 0 atom stereocenters. The summed E-state index contributed by atoms with van der Waals surface area (Å²) >= 11 is 0. The molecule has 0 fully saturated rings. The average Bonchev–Trinajstić information content (AvgIpc) is 2.97. The zero-order chi connectivity index (χ0) is 18.7. The van der Waals surface area contributed by atoms with E-state index >= 15 is 0 Å². The van der Waals surface area contributed by atoms with Gasteiger partial charge in [0.2, 0.25) is 10.0 Å². The van der Waals surface area contributed by atoms with Gasteiger partial charge in [0.05, 0.1) is 10.5 Å². The van der Waals surface area contributed by atoms with Gasteiger partial charge in [-0.15, -0.1) is 0 Å². The van der Waals surface area contributed by atoms with Crippen LogP contribution in [0.25, 0.3) is 0 Å². The first kappa shape index (κ1) is 19.0. The predicted molar refractivity (Wildman–Crippen MR) is 84.4 cm³/mol. The molecule has 1 aromatic heterocycles.